The predicted molar refractivity (Wildman–Crippen MR) is 124 cm³/mol. The molecule has 9 heteroatoms. The van der Waals surface area contributed by atoms with Crippen LogP contribution in [0.1, 0.15) is 37.5 Å². The van der Waals surface area contributed by atoms with Gasteiger partial charge in [0.25, 0.3) is 5.91 Å². The lowest BCUT2D eigenvalue weighted by Crippen LogP contribution is -2.54. The molecule has 2 aliphatic heterocycles. The summed E-state index contributed by atoms with van der Waals surface area (Å²) in [5, 5.41) is 4.87. The van der Waals surface area contributed by atoms with Crippen molar-refractivity contribution in [2.24, 2.45) is 5.92 Å². The van der Waals surface area contributed by atoms with Crippen LogP contribution in [-0.2, 0) is 16.1 Å². The molecule has 3 heterocycles. The Morgan fingerprint density at radius 3 is 2.79 bits per heavy atom. The maximum atomic E-state index is 13.5. The lowest BCUT2D eigenvalue weighted by atomic mass is 9.73. The third kappa shape index (κ3) is 3.94. The van der Waals surface area contributed by atoms with Crippen LogP contribution in [0.4, 0.5) is 10.5 Å². The van der Waals surface area contributed by atoms with Crippen LogP contribution in [-0.4, -0.2) is 48.0 Å². The molecule has 2 aromatic rings. The van der Waals surface area contributed by atoms with Crippen molar-refractivity contribution in [3.63, 3.8) is 0 Å². The van der Waals surface area contributed by atoms with Crippen molar-refractivity contribution in [3.8, 4) is 11.5 Å². The minimum atomic E-state index is -0.884. The van der Waals surface area contributed by atoms with Gasteiger partial charge in [-0.1, -0.05) is 25.8 Å². The number of carbonyl (C=O) groups is 3. The summed E-state index contributed by atoms with van der Waals surface area (Å²) in [7, 11) is 0. The van der Waals surface area contributed by atoms with E-state index in [1.807, 2.05) is 24.4 Å². The van der Waals surface area contributed by atoms with Crippen molar-refractivity contribution in [2.45, 2.75) is 44.7 Å². The average Bonchev–Trinajstić information content (AvgIpc) is 3.42. The molecule has 1 spiro atoms. The molecule has 0 bridgehead atoms. The topological polar surface area (TPSA) is 88.2 Å². The van der Waals surface area contributed by atoms with E-state index in [1.54, 1.807) is 34.4 Å². The Labute approximate surface area is 196 Å². The first-order chi connectivity index (χ1) is 16.0. The zero-order chi connectivity index (χ0) is 23.0. The lowest BCUT2D eigenvalue weighted by Gasteiger charge is -2.36. The van der Waals surface area contributed by atoms with E-state index in [4.69, 9.17) is 9.47 Å². The summed E-state index contributed by atoms with van der Waals surface area (Å²) in [4.78, 5) is 43.3. The number of rotatable bonds is 5. The standard InChI is InChI=1S/C24H27N3O5S/c1-16-5-2-3-9-24(16)22(29)27(23(30)25-24)15-21(28)26(14-18-6-4-12-33-18)17-7-8-19-20(13-17)32-11-10-31-19/h4,6-8,12-13,16H,2-3,5,9-11,14-15H2,1H3,(H,25,30)/t16-,24+/m0/s1. The Kier molecular flexibility index (Phi) is 5.74. The molecule has 1 N–H and O–H groups in total. The van der Waals surface area contributed by atoms with Crippen LogP contribution in [0.25, 0.3) is 0 Å². The summed E-state index contributed by atoms with van der Waals surface area (Å²) in [6.07, 6.45) is 3.43. The fraction of sp³-hybridized carbons (Fsp3) is 0.458. The average molecular weight is 470 g/mol. The van der Waals surface area contributed by atoms with Crippen LogP contribution >= 0.6 is 11.3 Å². The molecule has 2 fully saturated rings. The zero-order valence-corrected chi connectivity index (χ0v) is 19.4. The van der Waals surface area contributed by atoms with Crippen molar-refractivity contribution in [3.05, 3.63) is 40.6 Å². The number of nitrogens with one attached hydrogen (secondary N) is 1. The normalized spacial score (nSPS) is 24.2. The van der Waals surface area contributed by atoms with Gasteiger partial charge in [0.05, 0.1) is 6.54 Å². The summed E-state index contributed by atoms with van der Waals surface area (Å²) in [5.74, 6) is 0.641. The van der Waals surface area contributed by atoms with Crippen molar-refractivity contribution in [1.29, 1.82) is 0 Å². The minimum absolute atomic E-state index is 0.0443. The van der Waals surface area contributed by atoms with Gasteiger partial charge in [-0.25, -0.2) is 4.79 Å². The minimum Gasteiger partial charge on any atom is -0.486 e. The molecule has 5 rings (SSSR count). The van der Waals surface area contributed by atoms with Gasteiger partial charge in [-0.3, -0.25) is 14.5 Å². The highest BCUT2D eigenvalue weighted by molar-refractivity contribution is 7.09. The molecule has 2 atom stereocenters. The second kappa shape index (κ2) is 8.70. The van der Waals surface area contributed by atoms with E-state index in [9.17, 15) is 14.4 Å². The number of hydrogen-bond acceptors (Lipinski definition) is 6. The fourth-order valence-corrected chi connectivity index (χ4v) is 5.63. The lowest BCUT2D eigenvalue weighted by molar-refractivity contribution is -0.136. The highest BCUT2D eigenvalue weighted by Crippen LogP contribution is 2.39. The summed E-state index contributed by atoms with van der Waals surface area (Å²) in [6.45, 7) is 2.95. The molecular formula is C24H27N3O5S. The summed E-state index contributed by atoms with van der Waals surface area (Å²) in [5.41, 5.74) is -0.254. The molecule has 0 unspecified atom stereocenters. The highest BCUT2D eigenvalue weighted by Gasteiger charge is 2.55. The predicted octanol–water partition coefficient (Wildman–Crippen LogP) is 3.55. The van der Waals surface area contributed by atoms with Gasteiger partial charge in [-0.2, -0.15) is 0 Å². The number of hydrogen-bond donors (Lipinski definition) is 1. The van der Waals surface area contributed by atoms with E-state index in [2.05, 4.69) is 5.32 Å². The number of carbonyl (C=O) groups excluding carboxylic acids is 3. The molecule has 4 amide bonds. The number of ether oxygens (including phenoxy) is 2. The second-order valence-corrected chi connectivity index (χ2v) is 9.86. The van der Waals surface area contributed by atoms with Gasteiger partial charge >= 0.3 is 6.03 Å². The Hall–Kier alpha value is -3.07. The van der Waals surface area contributed by atoms with Crippen molar-refractivity contribution in [2.75, 3.05) is 24.7 Å². The number of imide groups is 1. The van der Waals surface area contributed by atoms with E-state index in [0.717, 1.165) is 29.0 Å². The van der Waals surface area contributed by atoms with Gasteiger partial charge in [0.2, 0.25) is 5.91 Å². The van der Waals surface area contributed by atoms with Gasteiger partial charge in [0, 0.05) is 16.6 Å². The molecule has 1 saturated carbocycles. The Morgan fingerprint density at radius 2 is 2.03 bits per heavy atom. The SMILES string of the molecule is C[C@H]1CCCC[C@@]12NC(=O)N(CC(=O)N(Cc1cccs1)c1ccc3c(c1)OCCO3)C2=O. The Bertz CT molecular complexity index is 1070. The Balaban J connectivity index is 1.40. The second-order valence-electron chi connectivity index (χ2n) is 8.83. The van der Waals surface area contributed by atoms with Crippen LogP contribution < -0.4 is 19.7 Å². The number of benzene rings is 1. The Morgan fingerprint density at radius 1 is 1.21 bits per heavy atom. The fourth-order valence-electron chi connectivity index (χ4n) is 4.94. The van der Waals surface area contributed by atoms with E-state index >= 15 is 0 Å². The first-order valence-corrected chi connectivity index (χ1v) is 12.2. The van der Waals surface area contributed by atoms with Crippen LogP contribution in [0, 0.1) is 5.92 Å². The van der Waals surface area contributed by atoms with Gasteiger partial charge in [-0.05, 0) is 42.3 Å². The molecule has 1 saturated heterocycles. The summed E-state index contributed by atoms with van der Waals surface area (Å²) >= 11 is 1.54. The highest BCUT2D eigenvalue weighted by atomic mass is 32.1. The third-order valence-electron chi connectivity index (χ3n) is 6.83. The third-order valence-corrected chi connectivity index (χ3v) is 7.69. The largest absolute Gasteiger partial charge is 0.486 e. The molecule has 0 radical (unpaired) electrons. The van der Waals surface area contributed by atoms with Gasteiger partial charge in [-0.15, -0.1) is 11.3 Å². The van der Waals surface area contributed by atoms with Crippen molar-refractivity contribution < 1.29 is 23.9 Å². The van der Waals surface area contributed by atoms with E-state index in [1.165, 1.54) is 0 Å². The first-order valence-electron chi connectivity index (χ1n) is 11.3. The van der Waals surface area contributed by atoms with Crippen LogP contribution in [0.15, 0.2) is 35.7 Å². The number of thiophene rings is 1. The molecule has 1 aromatic heterocycles. The smallest absolute Gasteiger partial charge is 0.325 e. The molecule has 1 aliphatic carbocycles. The van der Waals surface area contributed by atoms with Crippen LogP contribution in [0.3, 0.4) is 0 Å². The van der Waals surface area contributed by atoms with E-state index < -0.39 is 11.6 Å². The summed E-state index contributed by atoms with van der Waals surface area (Å²) < 4.78 is 11.3. The molecule has 8 nitrogen and oxygen atoms in total. The van der Waals surface area contributed by atoms with Crippen molar-refractivity contribution in [1.82, 2.24) is 10.2 Å². The van der Waals surface area contributed by atoms with E-state index in [0.29, 0.717) is 43.4 Å². The van der Waals surface area contributed by atoms with Gasteiger partial charge in [0.15, 0.2) is 11.5 Å². The van der Waals surface area contributed by atoms with E-state index in [-0.39, 0.29) is 24.3 Å². The number of nitrogens with zero attached hydrogens (tertiary/aromatic N) is 2. The zero-order valence-electron chi connectivity index (χ0n) is 18.5. The maximum absolute atomic E-state index is 13.5. The van der Waals surface area contributed by atoms with Crippen molar-refractivity contribution >= 4 is 34.9 Å². The number of fused-ring (bicyclic) bond motifs is 1. The van der Waals surface area contributed by atoms with Gasteiger partial charge < -0.3 is 19.7 Å². The monoisotopic (exact) mass is 469 g/mol. The molecular weight excluding hydrogens is 442 g/mol. The maximum Gasteiger partial charge on any atom is 0.325 e. The number of anilines is 1. The van der Waals surface area contributed by atoms with Gasteiger partial charge in [0.1, 0.15) is 25.3 Å². The first kappa shape index (κ1) is 21.8. The van der Waals surface area contributed by atoms with Crippen LogP contribution in [0.5, 0.6) is 11.5 Å². The molecule has 33 heavy (non-hydrogen) atoms. The van der Waals surface area contributed by atoms with Crippen LogP contribution in [0.2, 0.25) is 0 Å². The molecule has 3 aliphatic rings. The summed E-state index contributed by atoms with van der Waals surface area (Å²) in [6, 6.07) is 8.75. The number of amides is 4. The quantitative estimate of drug-likeness (QED) is 0.677. The molecule has 1 aromatic carbocycles. The number of urea groups is 1. The molecule has 174 valence electrons.